The standard InChI is InChI=1S/C49H57N9O6/c50-45(60)43-44(32-8-13-37(14-9-32)64-36-4-2-1-3-5-36)54-58-40(18-23-51-46(43)58)31-6-10-33(11-7-31)52-34-21-24-55(25-22-34)29-30-19-26-56(27-20-30)35-12-15-38-39(28-35)49(63)57(48(38)62)41-16-17-42(59)53-47(41)61/h1-5,8-9,12-15,28,30-31,33-34,40-41,51-52H,6-7,10-11,16-27,29H2,(H2,50,60)(H,53,59,61)/t31?,33?,40-,41?/m0/s1. The van der Waals surface area contributed by atoms with Crippen LogP contribution >= 0.6 is 0 Å². The molecule has 6 aliphatic rings. The number of imide groups is 2. The predicted molar refractivity (Wildman–Crippen MR) is 241 cm³/mol. The van der Waals surface area contributed by atoms with Gasteiger partial charge in [-0.15, -0.1) is 0 Å². The number of likely N-dealkylation sites (tertiary alicyclic amines) is 1. The number of carbonyl (C=O) groups excluding carboxylic acids is 5. The number of nitrogens with one attached hydrogen (secondary N) is 3. The molecule has 15 heteroatoms. The molecular weight excluding hydrogens is 811 g/mol. The maximum absolute atomic E-state index is 13.4. The van der Waals surface area contributed by atoms with Gasteiger partial charge in [0.25, 0.3) is 17.7 Å². The molecule has 15 nitrogen and oxygen atoms in total. The maximum Gasteiger partial charge on any atom is 0.262 e. The van der Waals surface area contributed by atoms with Crippen LogP contribution in [0.4, 0.5) is 11.5 Å². The van der Waals surface area contributed by atoms with Crippen molar-refractivity contribution in [3.05, 3.63) is 89.5 Å². The van der Waals surface area contributed by atoms with E-state index in [1.807, 2.05) is 60.7 Å². The molecule has 2 atom stereocenters. The van der Waals surface area contributed by atoms with Gasteiger partial charge in [0.15, 0.2) is 0 Å². The molecule has 3 aromatic carbocycles. The van der Waals surface area contributed by atoms with E-state index in [2.05, 4.69) is 30.4 Å². The summed E-state index contributed by atoms with van der Waals surface area (Å²) >= 11 is 0. The average Bonchev–Trinajstić information content (AvgIpc) is 3.83. The SMILES string of the molecule is NC(=O)c1c(-c2ccc(Oc3ccccc3)cc2)nn2c1NCC[C@H]2C1CCC(NC2CCN(CC3CCN(c4ccc5c(c4)C(=O)N(C4CCC(=O)NC4=O)C5=O)CC3)CC2)CC1. The average molecular weight is 868 g/mol. The van der Waals surface area contributed by atoms with Gasteiger partial charge >= 0.3 is 0 Å². The molecule has 5 aliphatic heterocycles. The van der Waals surface area contributed by atoms with Crippen molar-refractivity contribution in [2.24, 2.45) is 17.6 Å². The highest BCUT2D eigenvalue weighted by atomic mass is 16.5. The highest BCUT2D eigenvalue weighted by molar-refractivity contribution is 6.23. The summed E-state index contributed by atoms with van der Waals surface area (Å²) in [5, 5.41) is 14.8. The van der Waals surface area contributed by atoms with E-state index in [9.17, 15) is 24.0 Å². The second kappa shape index (κ2) is 17.8. The number of aromatic nitrogens is 2. The lowest BCUT2D eigenvalue weighted by atomic mass is 9.79. The van der Waals surface area contributed by atoms with E-state index in [4.69, 9.17) is 15.6 Å². The third kappa shape index (κ3) is 8.38. The van der Waals surface area contributed by atoms with Crippen LogP contribution in [0.15, 0.2) is 72.8 Å². The summed E-state index contributed by atoms with van der Waals surface area (Å²) in [6.07, 6.45) is 10.1. The first-order valence-electron chi connectivity index (χ1n) is 23.3. The van der Waals surface area contributed by atoms with Gasteiger partial charge < -0.3 is 30.9 Å². The number of piperidine rings is 3. The zero-order valence-electron chi connectivity index (χ0n) is 36.2. The molecule has 1 aromatic heterocycles. The third-order valence-corrected chi connectivity index (χ3v) is 14.6. The van der Waals surface area contributed by atoms with Gasteiger partial charge in [0.05, 0.1) is 17.2 Å². The molecule has 5 N–H and O–H groups in total. The Bertz CT molecular complexity index is 2410. The summed E-state index contributed by atoms with van der Waals surface area (Å²) in [6.45, 7) is 5.85. The Kier molecular flexibility index (Phi) is 11.7. The van der Waals surface area contributed by atoms with Gasteiger partial charge in [-0.25, -0.2) is 4.68 Å². The van der Waals surface area contributed by atoms with Crippen LogP contribution in [-0.2, 0) is 9.59 Å². The van der Waals surface area contributed by atoms with Crippen molar-refractivity contribution in [3.8, 4) is 22.8 Å². The summed E-state index contributed by atoms with van der Waals surface area (Å²) < 4.78 is 8.05. The second-order valence-corrected chi connectivity index (χ2v) is 18.6. The normalized spacial score (nSPS) is 24.6. The van der Waals surface area contributed by atoms with Gasteiger partial charge in [-0.05, 0) is 144 Å². The number of nitrogens with two attached hydrogens (primary N) is 1. The number of ether oxygens (including phenoxy) is 1. The lowest BCUT2D eigenvalue weighted by Crippen LogP contribution is -2.54. The lowest BCUT2D eigenvalue weighted by molar-refractivity contribution is -0.136. The van der Waals surface area contributed by atoms with Crippen LogP contribution in [0.3, 0.4) is 0 Å². The first-order valence-corrected chi connectivity index (χ1v) is 23.3. The Morgan fingerprint density at radius 2 is 1.47 bits per heavy atom. The lowest BCUT2D eigenvalue weighted by Gasteiger charge is -2.41. The van der Waals surface area contributed by atoms with Crippen molar-refractivity contribution in [1.29, 1.82) is 0 Å². The van der Waals surface area contributed by atoms with E-state index in [1.54, 1.807) is 12.1 Å². The number of amides is 5. The molecule has 1 aliphatic carbocycles. The van der Waals surface area contributed by atoms with Gasteiger partial charge in [0.1, 0.15) is 34.6 Å². The van der Waals surface area contributed by atoms with Crippen molar-refractivity contribution in [2.45, 2.75) is 94.8 Å². The van der Waals surface area contributed by atoms with Crippen LogP contribution in [0.25, 0.3) is 11.3 Å². The van der Waals surface area contributed by atoms with Crippen molar-refractivity contribution >= 4 is 41.0 Å². The number of carbonyl (C=O) groups is 5. The Balaban J connectivity index is 0.677. The highest BCUT2D eigenvalue weighted by Crippen LogP contribution is 2.42. The molecule has 6 heterocycles. The summed E-state index contributed by atoms with van der Waals surface area (Å²) in [7, 11) is 0. The van der Waals surface area contributed by atoms with E-state index in [0.717, 1.165) is 125 Å². The number of hydrogen-bond acceptors (Lipinski definition) is 11. The van der Waals surface area contributed by atoms with Gasteiger partial charge in [-0.3, -0.25) is 34.2 Å². The summed E-state index contributed by atoms with van der Waals surface area (Å²) in [5.74, 6) is 0.896. The zero-order chi connectivity index (χ0) is 43.9. The van der Waals surface area contributed by atoms with E-state index < -0.39 is 29.7 Å². The fraction of sp³-hybridized carbons (Fsp3) is 0.469. The van der Waals surface area contributed by atoms with Crippen LogP contribution in [0.5, 0.6) is 11.5 Å². The summed E-state index contributed by atoms with van der Waals surface area (Å²) in [4.78, 5) is 69.5. The smallest absolute Gasteiger partial charge is 0.262 e. The molecule has 1 saturated carbocycles. The van der Waals surface area contributed by atoms with Gasteiger partial charge in [-0.1, -0.05) is 18.2 Å². The van der Waals surface area contributed by atoms with Crippen LogP contribution in [0.2, 0.25) is 0 Å². The van der Waals surface area contributed by atoms with Gasteiger partial charge in [0.2, 0.25) is 11.8 Å². The second-order valence-electron chi connectivity index (χ2n) is 18.6. The molecule has 0 spiro atoms. The maximum atomic E-state index is 13.4. The molecule has 4 fully saturated rings. The quantitative estimate of drug-likeness (QED) is 0.135. The Morgan fingerprint density at radius 3 is 2.19 bits per heavy atom. The van der Waals surface area contributed by atoms with Crippen LogP contribution in [0, 0.1) is 11.8 Å². The number of benzene rings is 3. The number of nitrogens with zero attached hydrogens (tertiary/aromatic N) is 5. The van der Waals surface area contributed by atoms with Crippen LogP contribution in [-0.4, -0.2) is 107 Å². The third-order valence-electron chi connectivity index (χ3n) is 14.6. The predicted octanol–water partition coefficient (Wildman–Crippen LogP) is 5.73. The summed E-state index contributed by atoms with van der Waals surface area (Å²) in [6, 6.07) is 23.0. The molecule has 3 saturated heterocycles. The Morgan fingerprint density at radius 1 is 0.766 bits per heavy atom. The molecule has 334 valence electrons. The number of fused-ring (bicyclic) bond motifs is 2. The molecular formula is C49H57N9O6. The number of anilines is 2. The van der Waals surface area contributed by atoms with Crippen molar-refractivity contribution in [1.82, 2.24) is 30.2 Å². The van der Waals surface area contributed by atoms with Crippen molar-refractivity contribution in [2.75, 3.05) is 49.5 Å². The number of rotatable bonds is 11. The topological polar surface area (TPSA) is 184 Å². The minimum Gasteiger partial charge on any atom is -0.457 e. The van der Waals surface area contributed by atoms with Crippen molar-refractivity contribution in [3.63, 3.8) is 0 Å². The minimum absolute atomic E-state index is 0.102. The number of para-hydroxylation sites is 1. The van der Waals surface area contributed by atoms with Crippen LogP contribution in [0.1, 0.15) is 108 Å². The largest absolute Gasteiger partial charge is 0.457 e. The monoisotopic (exact) mass is 867 g/mol. The van der Waals surface area contributed by atoms with Crippen molar-refractivity contribution < 1.29 is 28.7 Å². The highest BCUT2D eigenvalue weighted by Gasteiger charge is 2.45. The Hall–Kier alpha value is -6.06. The molecule has 10 rings (SSSR count). The van der Waals surface area contributed by atoms with Crippen LogP contribution < -0.4 is 31.3 Å². The molecule has 5 amide bonds. The number of primary amides is 1. The zero-order valence-corrected chi connectivity index (χ0v) is 36.2. The molecule has 64 heavy (non-hydrogen) atoms. The fourth-order valence-corrected chi connectivity index (χ4v) is 11.2. The number of hydrogen-bond donors (Lipinski definition) is 4. The first-order chi connectivity index (χ1) is 31.2. The molecule has 0 radical (unpaired) electrons. The van der Waals surface area contributed by atoms with E-state index in [1.165, 1.54) is 0 Å². The Labute approximate surface area is 373 Å². The molecule has 4 aromatic rings. The van der Waals surface area contributed by atoms with E-state index in [-0.39, 0.29) is 24.8 Å². The summed E-state index contributed by atoms with van der Waals surface area (Å²) in [5.41, 5.74) is 9.46. The molecule has 1 unspecified atom stereocenters. The van der Waals surface area contributed by atoms with Gasteiger partial charge in [0, 0.05) is 55.9 Å². The minimum atomic E-state index is -0.961. The first kappa shape index (κ1) is 41.9. The van der Waals surface area contributed by atoms with Gasteiger partial charge in [-0.2, -0.15) is 5.10 Å². The molecule has 0 bridgehead atoms. The van der Waals surface area contributed by atoms with E-state index >= 15 is 0 Å². The van der Waals surface area contributed by atoms with E-state index in [0.29, 0.717) is 52.1 Å². The fourth-order valence-electron chi connectivity index (χ4n) is 11.2.